The maximum atomic E-state index is 9.28. The van der Waals surface area contributed by atoms with Crippen molar-refractivity contribution in [2.24, 2.45) is 0 Å². The topological polar surface area (TPSA) is 78.8 Å². The zero-order chi connectivity index (χ0) is 14.7. The van der Waals surface area contributed by atoms with E-state index in [1.165, 1.54) is 0 Å². The lowest BCUT2D eigenvalue weighted by molar-refractivity contribution is 0.376. The van der Waals surface area contributed by atoms with Crippen molar-refractivity contribution in [1.29, 1.82) is 5.26 Å². The third-order valence-electron chi connectivity index (χ3n) is 2.99. The highest BCUT2D eigenvalue weighted by molar-refractivity contribution is 5.57. The predicted octanol–water partition coefficient (Wildman–Crippen LogP) is 2.15. The normalized spacial score (nSPS) is 10.3. The van der Waals surface area contributed by atoms with Gasteiger partial charge in [0.05, 0.1) is 12.1 Å². The maximum absolute atomic E-state index is 9.28. The van der Waals surface area contributed by atoms with Crippen molar-refractivity contribution in [1.82, 2.24) is 15.1 Å². The van der Waals surface area contributed by atoms with Crippen LogP contribution >= 0.6 is 0 Å². The van der Waals surface area contributed by atoms with E-state index < -0.39 is 0 Å². The molecule has 0 radical (unpaired) electrons. The van der Waals surface area contributed by atoms with Gasteiger partial charge in [0.15, 0.2) is 5.82 Å². The van der Waals surface area contributed by atoms with Crippen molar-refractivity contribution in [3.63, 3.8) is 0 Å². The average Bonchev–Trinajstić information content (AvgIpc) is 2.85. The summed E-state index contributed by atoms with van der Waals surface area (Å²) in [5, 5.41) is 13.2. The van der Waals surface area contributed by atoms with Gasteiger partial charge < -0.3 is 9.42 Å². The van der Waals surface area contributed by atoms with E-state index in [9.17, 15) is 5.26 Å². The molecule has 2 rings (SSSR count). The minimum atomic E-state index is 0.452. The summed E-state index contributed by atoms with van der Waals surface area (Å²) in [6.07, 6.45) is 0.710. The molecule has 0 aromatic carbocycles. The van der Waals surface area contributed by atoms with Gasteiger partial charge in [0.1, 0.15) is 11.9 Å². The van der Waals surface area contributed by atoms with Crippen molar-refractivity contribution < 1.29 is 4.52 Å². The number of pyridine rings is 1. The molecule has 0 atom stereocenters. The fourth-order valence-electron chi connectivity index (χ4n) is 2.02. The highest BCUT2D eigenvalue weighted by Gasteiger charge is 2.15. The van der Waals surface area contributed by atoms with Crippen LogP contribution in [0.4, 0.5) is 5.82 Å². The molecule has 0 aliphatic carbocycles. The van der Waals surface area contributed by atoms with Crippen LogP contribution in [0, 0.1) is 25.2 Å². The van der Waals surface area contributed by atoms with Gasteiger partial charge in [-0.1, -0.05) is 12.1 Å². The summed E-state index contributed by atoms with van der Waals surface area (Å²) in [6.45, 7) is 6.23. The van der Waals surface area contributed by atoms with Crippen molar-refractivity contribution in [3.8, 4) is 6.07 Å². The summed E-state index contributed by atoms with van der Waals surface area (Å²) in [5.74, 6) is 1.85. The third-order valence-corrected chi connectivity index (χ3v) is 2.99. The van der Waals surface area contributed by atoms with Gasteiger partial charge in [-0.05, 0) is 25.5 Å². The van der Waals surface area contributed by atoms with Gasteiger partial charge in [-0.3, -0.25) is 0 Å². The average molecular weight is 271 g/mol. The fourth-order valence-corrected chi connectivity index (χ4v) is 2.02. The van der Waals surface area contributed by atoms with Gasteiger partial charge in [0, 0.05) is 19.2 Å². The van der Waals surface area contributed by atoms with E-state index in [1.54, 1.807) is 0 Å². The predicted molar refractivity (Wildman–Crippen MR) is 74.2 cm³/mol. The van der Waals surface area contributed by atoms with E-state index in [0.29, 0.717) is 36.1 Å². The highest BCUT2D eigenvalue weighted by atomic mass is 16.5. The molecule has 2 aromatic heterocycles. The second-order valence-corrected chi connectivity index (χ2v) is 4.70. The number of anilines is 1. The maximum Gasteiger partial charge on any atom is 0.226 e. The van der Waals surface area contributed by atoms with Gasteiger partial charge in [0.25, 0.3) is 0 Å². The SMILES string of the molecule is CCc1nc(CN(C)c2nc(C)cc(C)c2C#N)no1. The lowest BCUT2D eigenvalue weighted by Gasteiger charge is -2.18. The highest BCUT2D eigenvalue weighted by Crippen LogP contribution is 2.21. The summed E-state index contributed by atoms with van der Waals surface area (Å²) < 4.78 is 5.08. The number of nitriles is 1. The van der Waals surface area contributed by atoms with Gasteiger partial charge >= 0.3 is 0 Å². The van der Waals surface area contributed by atoms with E-state index in [-0.39, 0.29) is 0 Å². The van der Waals surface area contributed by atoms with E-state index in [1.807, 2.05) is 38.8 Å². The molecule has 2 aromatic rings. The van der Waals surface area contributed by atoms with Crippen LogP contribution in [0.5, 0.6) is 0 Å². The molecule has 0 aliphatic heterocycles. The lowest BCUT2D eigenvalue weighted by atomic mass is 10.1. The summed E-state index contributed by atoms with van der Waals surface area (Å²) in [4.78, 5) is 10.6. The molecule has 20 heavy (non-hydrogen) atoms. The van der Waals surface area contributed by atoms with Crippen LogP contribution < -0.4 is 4.90 Å². The Labute approximate surface area is 118 Å². The second kappa shape index (κ2) is 5.70. The summed E-state index contributed by atoms with van der Waals surface area (Å²) in [7, 11) is 1.87. The van der Waals surface area contributed by atoms with Gasteiger partial charge in [-0.2, -0.15) is 10.2 Å². The van der Waals surface area contributed by atoms with E-state index in [2.05, 4.69) is 21.2 Å². The molecule has 0 saturated heterocycles. The molecule has 0 fully saturated rings. The monoisotopic (exact) mass is 271 g/mol. The third kappa shape index (κ3) is 2.77. The van der Waals surface area contributed by atoms with E-state index in [4.69, 9.17) is 4.52 Å². The Hall–Kier alpha value is -2.42. The quantitative estimate of drug-likeness (QED) is 0.847. The fraction of sp³-hybridized carbons (Fsp3) is 0.429. The number of aromatic nitrogens is 3. The first kappa shape index (κ1) is 14.0. The zero-order valence-corrected chi connectivity index (χ0v) is 12.1. The first-order valence-electron chi connectivity index (χ1n) is 6.46. The smallest absolute Gasteiger partial charge is 0.226 e. The molecule has 0 unspecified atom stereocenters. The molecule has 0 aliphatic rings. The van der Waals surface area contributed by atoms with Crippen LogP contribution in [-0.4, -0.2) is 22.2 Å². The first-order valence-corrected chi connectivity index (χ1v) is 6.46. The molecular formula is C14H17N5O. The molecule has 0 bridgehead atoms. The van der Waals surface area contributed by atoms with Crippen LogP contribution in [0.1, 0.15) is 35.5 Å². The summed E-state index contributed by atoms with van der Waals surface area (Å²) in [6, 6.07) is 4.11. The Bertz CT molecular complexity index is 656. The van der Waals surface area contributed by atoms with Crippen LogP contribution in [0.25, 0.3) is 0 Å². The van der Waals surface area contributed by atoms with E-state index >= 15 is 0 Å². The Morgan fingerprint density at radius 1 is 1.35 bits per heavy atom. The standard InChI is InChI=1S/C14H17N5O/c1-5-13-17-12(18-20-13)8-19(4)14-11(7-15)9(2)6-10(3)16-14/h6H,5,8H2,1-4H3. The number of nitrogens with zero attached hydrogens (tertiary/aromatic N) is 5. The number of aryl methyl sites for hydroxylation is 3. The Morgan fingerprint density at radius 3 is 2.70 bits per heavy atom. The number of hydrogen-bond donors (Lipinski definition) is 0. The molecule has 2 heterocycles. The second-order valence-electron chi connectivity index (χ2n) is 4.70. The molecule has 6 nitrogen and oxygen atoms in total. The molecular weight excluding hydrogens is 254 g/mol. The van der Waals surface area contributed by atoms with Crippen LogP contribution in [0.15, 0.2) is 10.6 Å². The molecule has 0 spiro atoms. The number of rotatable bonds is 4. The van der Waals surface area contributed by atoms with Gasteiger partial charge in [0.2, 0.25) is 5.89 Å². The summed E-state index contributed by atoms with van der Waals surface area (Å²) >= 11 is 0. The largest absolute Gasteiger partial charge is 0.351 e. The zero-order valence-electron chi connectivity index (χ0n) is 12.1. The minimum Gasteiger partial charge on any atom is -0.351 e. The molecule has 0 saturated carbocycles. The van der Waals surface area contributed by atoms with Crippen molar-refractivity contribution in [2.75, 3.05) is 11.9 Å². The minimum absolute atomic E-state index is 0.452. The van der Waals surface area contributed by atoms with Crippen LogP contribution in [0.2, 0.25) is 0 Å². The molecule has 6 heteroatoms. The number of hydrogen-bond acceptors (Lipinski definition) is 6. The molecule has 0 N–H and O–H groups in total. The first-order chi connectivity index (χ1) is 9.55. The Balaban J connectivity index is 2.29. The van der Waals surface area contributed by atoms with Gasteiger partial charge in [-0.25, -0.2) is 4.98 Å². The molecule has 0 amide bonds. The van der Waals surface area contributed by atoms with Crippen molar-refractivity contribution in [2.45, 2.75) is 33.7 Å². The van der Waals surface area contributed by atoms with Crippen LogP contribution in [-0.2, 0) is 13.0 Å². The lowest BCUT2D eigenvalue weighted by Crippen LogP contribution is -2.20. The van der Waals surface area contributed by atoms with E-state index in [0.717, 1.165) is 11.3 Å². The van der Waals surface area contributed by atoms with Gasteiger partial charge in [-0.15, -0.1) is 0 Å². The van der Waals surface area contributed by atoms with Crippen molar-refractivity contribution in [3.05, 3.63) is 34.6 Å². The Morgan fingerprint density at radius 2 is 2.10 bits per heavy atom. The van der Waals surface area contributed by atoms with Crippen LogP contribution in [0.3, 0.4) is 0 Å². The van der Waals surface area contributed by atoms with Crippen molar-refractivity contribution >= 4 is 5.82 Å². The Kier molecular flexibility index (Phi) is 3.99. The summed E-state index contributed by atoms with van der Waals surface area (Å²) in [5.41, 5.74) is 2.38. The molecule has 104 valence electrons.